The van der Waals surface area contributed by atoms with Gasteiger partial charge in [0.2, 0.25) is 0 Å². The van der Waals surface area contributed by atoms with Crippen LogP contribution in [0.15, 0.2) is 65.7 Å². The molecular weight excluding hydrogens is 900 g/mol. The number of carbonyl (C=O) groups excluding carboxylic acids is 2. The van der Waals surface area contributed by atoms with Crippen LogP contribution in [0.5, 0.6) is 0 Å². The Kier molecular flexibility index (Phi) is 29.6. The number of unbranched alkanes of at least 4 members (excludes halogenated alkanes) is 7. The van der Waals surface area contributed by atoms with Gasteiger partial charge < -0.3 is 45.1 Å². The first-order valence-corrected chi connectivity index (χ1v) is 26.1. The van der Waals surface area contributed by atoms with Crippen molar-refractivity contribution in [2.75, 3.05) is 25.6 Å². The third-order valence-electron chi connectivity index (χ3n) is 10.5. The van der Waals surface area contributed by atoms with Crippen LogP contribution in [0.3, 0.4) is 0 Å². The number of nitrogen functional groups attached to an aromatic ring is 1. The molecule has 0 spiro atoms. The normalized spacial score (nSPS) is 21.1. The van der Waals surface area contributed by atoms with E-state index in [9.17, 15) is 48.6 Å². The zero-order valence-electron chi connectivity index (χ0n) is 38.8. The number of phosphoric acid groups is 2. The van der Waals surface area contributed by atoms with E-state index in [-0.39, 0.29) is 18.7 Å². The Hall–Kier alpha value is -3.32. The van der Waals surface area contributed by atoms with Gasteiger partial charge in [0.1, 0.15) is 30.7 Å². The molecule has 0 amide bonds. The number of nitrogens with two attached hydrogens (primary N) is 1. The van der Waals surface area contributed by atoms with Gasteiger partial charge in [0.15, 0.2) is 12.3 Å². The number of nitrogens with zero attached hydrogens (tertiary/aromatic N) is 2. The molecule has 0 saturated carbocycles. The lowest BCUT2D eigenvalue weighted by Gasteiger charge is -2.21. The van der Waals surface area contributed by atoms with E-state index in [1.807, 2.05) is 42.5 Å². The minimum atomic E-state index is -5.44. The molecule has 1 fully saturated rings. The maximum atomic E-state index is 12.8. The number of aliphatic hydroxyl groups excluding tert-OH is 3. The first kappa shape index (κ1) is 58.8. The molecule has 0 aliphatic carbocycles. The summed E-state index contributed by atoms with van der Waals surface area (Å²) >= 11 is 0. The van der Waals surface area contributed by atoms with Crippen LogP contribution in [0.1, 0.15) is 143 Å². The highest BCUT2D eigenvalue weighted by atomic mass is 31.3. The van der Waals surface area contributed by atoms with E-state index in [1.165, 1.54) is 25.3 Å². The van der Waals surface area contributed by atoms with Crippen LogP contribution in [0.4, 0.5) is 5.82 Å². The molecule has 3 unspecified atom stereocenters. The van der Waals surface area contributed by atoms with Crippen molar-refractivity contribution in [2.45, 2.75) is 173 Å². The van der Waals surface area contributed by atoms with Crippen molar-refractivity contribution >= 4 is 33.4 Å². The summed E-state index contributed by atoms with van der Waals surface area (Å²) in [5.74, 6) is -0.684. The predicted octanol–water partition coefficient (Wildman–Crippen LogP) is 7.43. The minimum absolute atomic E-state index is 0.0437. The van der Waals surface area contributed by atoms with Crippen molar-refractivity contribution in [1.29, 1.82) is 0 Å². The molecule has 1 aromatic heterocycles. The van der Waals surface area contributed by atoms with Crippen molar-refractivity contribution in [3.63, 3.8) is 0 Å². The van der Waals surface area contributed by atoms with Crippen LogP contribution in [0.25, 0.3) is 0 Å². The van der Waals surface area contributed by atoms with Gasteiger partial charge in [-0.2, -0.15) is 9.29 Å². The van der Waals surface area contributed by atoms with Crippen molar-refractivity contribution in [3.8, 4) is 0 Å². The molecule has 21 heteroatoms. The second-order valence-corrected chi connectivity index (χ2v) is 19.4. The summed E-state index contributed by atoms with van der Waals surface area (Å²) in [6.07, 6.45) is 22.9. The number of esters is 2. The fourth-order valence-corrected chi connectivity index (χ4v) is 8.59. The van der Waals surface area contributed by atoms with Crippen molar-refractivity contribution in [3.05, 3.63) is 71.4 Å². The van der Waals surface area contributed by atoms with Gasteiger partial charge in [-0.05, 0) is 56.9 Å². The fraction of sp³-hybridized carbons (Fsp3) is 0.689. The summed E-state index contributed by atoms with van der Waals surface area (Å²) in [7, 11) is -10.9. The van der Waals surface area contributed by atoms with E-state index in [0.29, 0.717) is 31.6 Å². The molecule has 2 rings (SSSR count). The number of hydrogen-bond acceptors (Lipinski definition) is 16. The van der Waals surface area contributed by atoms with Crippen molar-refractivity contribution < 1.29 is 71.4 Å². The number of phosphoric ester groups is 2. The Bertz CT molecular complexity index is 1820. The molecule has 19 nitrogen and oxygen atoms in total. The van der Waals surface area contributed by atoms with Crippen LogP contribution >= 0.6 is 15.6 Å². The molecule has 376 valence electrons. The molecule has 2 heterocycles. The van der Waals surface area contributed by atoms with Gasteiger partial charge in [0, 0.05) is 19.0 Å². The summed E-state index contributed by atoms with van der Waals surface area (Å²) in [5.41, 5.74) is 4.57. The van der Waals surface area contributed by atoms with Crippen LogP contribution in [-0.4, -0.2) is 96.9 Å². The van der Waals surface area contributed by atoms with Crippen molar-refractivity contribution in [2.24, 2.45) is 5.92 Å². The molecule has 1 aliphatic heterocycles. The van der Waals surface area contributed by atoms with E-state index >= 15 is 0 Å². The standard InChI is InChI=1S/C45H75N3O16P2/c1-4-6-26-36(49)27-22-18-13-11-9-7-8-10-12-14-20-24-29-41(51)62-37(32-59-40(50)28-23-19-16-15-17-21-25-35(3)5-2)33-60-65(55,56)64-66(57,58)61-34-38-42(52)43(53)44(63-38)48-31-30-39(46)47-45(48)54/h7-8,11-14,22,27,30-31,35-38,42-44,49,52-53H,4-6,9-10,15-21,23-26,28-29,32-34H2,1-3H3,(H,55,56)(H,57,58)(H2,46,47,54)/b8-7-,13-11-,14-12-,27-22-/t35?,36-,37-,38-,42-,43-,44-/m1/s1. The molecular formula is C45H75N3O16P2. The van der Waals surface area contributed by atoms with E-state index in [2.05, 4.69) is 36.1 Å². The van der Waals surface area contributed by atoms with E-state index in [1.54, 1.807) is 0 Å². The molecule has 66 heavy (non-hydrogen) atoms. The smallest absolute Gasteiger partial charge is 0.462 e. The molecule has 0 aromatic carbocycles. The Balaban J connectivity index is 1.87. The van der Waals surface area contributed by atoms with Crippen LogP contribution in [0, 0.1) is 5.92 Å². The van der Waals surface area contributed by atoms with Gasteiger partial charge in [-0.1, -0.05) is 127 Å². The number of hydrogen-bond donors (Lipinski definition) is 6. The molecule has 9 atom stereocenters. The van der Waals surface area contributed by atoms with Gasteiger partial charge in [0.25, 0.3) is 0 Å². The van der Waals surface area contributed by atoms with Crippen LogP contribution in [0.2, 0.25) is 0 Å². The number of aromatic nitrogens is 2. The monoisotopic (exact) mass is 975 g/mol. The van der Waals surface area contributed by atoms with Crippen LogP contribution in [-0.2, 0) is 46.3 Å². The minimum Gasteiger partial charge on any atom is -0.462 e. The first-order chi connectivity index (χ1) is 31.5. The van der Waals surface area contributed by atoms with E-state index in [0.717, 1.165) is 68.6 Å². The average molecular weight is 976 g/mol. The zero-order valence-corrected chi connectivity index (χ0v) is 40.5. The Morgan fingerprint density at radius 2 is 1.45 bits per heavy atom. The average Bonchev–Trinajstić information content (AvgIpc) is 3.55. The largest absolute Gasteiger partial charge is 0.481 e. The van der Waals surface area contributed by atoms with Gasteiger partial charge in [-0.3, -0.25) is 23.2 Å². The quantitative estimate of drug-likeness (QED) is 0.0165. The van der Waals surface area contributed by atoms with Crippen molar-refractivity contribution in [1.82, 2.24) is 9.55 Å². The van der Waals surface area contributed by atoms with Gasteiger partial charge in [0.05, 0.1) is 19.3 Å². The predicted molar refractivity (Wildman–Crippen MR) is 248 cm³/mol. The number of aliphatic hydroxyl groups is 3. The molecule has 1 aromatic rings. The van der Waals surface area contributed by atoms with Gasteiger partial charge in [-0.15, -0.1) is 0 Å². The molecule has 7 N–H and O–H groups in total. The molecule has 0 bridgehead atoms. The number of anilines is 1. The number of rotatable bonds is 36. The third-order valence-corrected chi connectivity index (χ3v) is 13.1. The lowest BCUT2D eigenvalue weighted by molar-refractivity contribution is -0.161. The highest BCUT2D eigenvalue weighted by Gasteiger charge is 2.46. The summed E-state index contributed by atoms with van der Waals surface area (Å²) in [6, 6.07) is 1.24. The zero-order chi connectivity index (χ0) is 48.8. The maximum Gasteiger partial charge on any atom is 0.481 e. The summed E-state index contributed by atoms with van der Waals surface area (Å²) in [4.78, 5) is 61.6. The Labute approximate surface area is 389 Å². The number of ether oxygens (including phenoxy) is 3. The number of carbonyl (C=O) groups is 2. The Morgan fingerprint density at radius 3 is 2.12 bits per heavy atom. The topological polar surface area (TPSA) is 286 Å². The van der Waals surface area contributed by atoms with Gasteiger partial charge in [-0.25, -0.2) is 13.9 Å². The molecule has 0 radical (unpaired) electrons. The maximum absolute atomic E-state index is 12.8. The highest BCUT2D eigenvalue weighted by molar-refractivity contribution is 7.61. The van der Waals surface area contributed by atoms with E-state index < -0.39 is 89.8 Å². The third kappa shape index (κ3) is 26.3. The second-order valence-electron chi connectivity index (χ2n) is 16.3. The first-order valence-electron chi connectivity index (χ1n) is 23.1. The van der Waals surface area contributed by atoms with Crippen LogP contribution < -0.4 is 11.4 Å². The summed E-state index contributed by atoms with van der Waals surface area (Å²) < 4.78 is 56.5. The lowest BCUT2D eigenvalue weighted by atomic mass is 10.00. The Morgan fingerprint density at radius 1 is 0.833 bits per heavy atom. The van der Waals surface area contributed by atoms with Gasteiger partial charge >= 0.3 is 33.3 Å². The lowest BCUT2D eigenvalue weighted by Crippen LogP contribution is -2.36. The second kappa shape index (κ2) is 33.2. The highest BCUT2D eigenvalue weighted by Crippen LogP contribution is 2.60. The summed E-state index contributed by atoms with van der Waals surface area (Å²) in [6.45, 7) is 4.14. The van der Waals surface area contributed by atoms with E-state index in [4.69, 9.17) is 29.0 Å². The number of allylic oxidation sites excluding steroid dienone is 7. The summed E-state index contributed by atoms with van der Waals surface area (Å²) in [5, 5.41) is 30.7. The fourth-order valence-electron chi connectivity index (χ4n) is 6.48. The molecule has 1 aliphatic rings. The molecule has 1 saturated heterocycles. The SMILES string of the molecule is CCCC[C@@H](O)/C=C\C/C=C\C/C=C\C/C=C\CCCC(=O)O[C@H](COC(=O)CCCCCCCCC(C)CC)COP(=O)(O)OP(=O)(O)OC[C@H]1O[C@@H](n2ccc(N)nc2=O)[C@H](O)[C@@H]1O.